The van der Waals surface area contributed by atoms with Crippen molar-refractivity contribution in [3.8, 4) is 6.07 Å². The Hall–Kier alpha value is -2.52. The maximum atomic E-state index is 15.1. The molecule has 1 saturated heterocycles. The van der Waals surface area contributed by atoms with Crippen LogP contribution in [0.2, 0.25) is 0 Å². The van der Waals surface area contributed by atoms with Gasteiger partial charge in [-0.05, 0) is 44.4 Å². The number of nitrogens with one attached hydrogen (secondary N) is 1. The number of halogens is 1. The van der Waals surface area contributed by atoms with Crippen LogP contribution < -0.4 is 5.32 Å². The lowest BCUT2D eigenvalue weighted by atomic mass is 9.93. The van der Waals surface area contributed by atoms with E-state index in [1.165, 1.54) is 0 Å². The number of nitrogens with zero attached hydrogens (tertiary/aromatic N) is 4. The minimum absolute atomic E-state index is 0.271. The highest BCUT2D eigenvalue weighted by Crippen LogP contribution is 2.28. The molecule has 1 aromatic carbocycles. The highest BCUT2D eigenvalue weighted by molar-refractivity contribution is 5.36. The van der Waals surface area contributed by atoms with Gasteiger partial charge in [0.15, 0.2) is 0 Å². The van der Waals surface area contributed by atoms with Gasteiger partial charge in [0.05, 0.1) is 18.2 Å². The molecule has 0 spiro atoms. The minimum atomic E-state index is -1.21. The Balaban J connectivity index is 1.50. The summed E-state index contributed by atoms with van der Waals surface area (Å²) in [5.74, 6) is 1.38. The summed E-state index contributed by atoms with van der Waals surface area (Å²) < 4.78 is 15.1. The first kappa shape index (κ1) is 18.3. The second-order valence-electron chi connectivity index (χ2n) is 7.03. The van der Waals surface area contributed by atoms with E-state index in [4.69, 9.17) is 5.26 Å². The lowest BCUT2D eigenvalue weighted by Crippen LogP contribution is -2.45. The average molecular weight is 353 g/mol. The number of aromatic nitrogens is 2. The van der Waals surface area contributed by atoms with Crippen LogP contribution in [0.1, 0.15) is 35.5 Å². The molecule has 3 rings (SSSR count). The molecule has 0 atom stereocenters. The molecule has 1 aliphatic heterocycles. The molecule has 26 heavy (non-hydrogen) atoms. The summed E-state index contributed by atoms with van der Waals surface area (Å²) in [7, 11) is 0. The summed E-state index contributed by atoms with van der Waals surface area (Å²) in [6.07, 6.45) is 0.999. The van der Waals surface area contributed by atoms with Crippen molar-refractivity contribution in [3.05, 3.63) is 53.0 Å². The number of benzene rings is 1. The van der Waals surface area contributed by atoms with Crippen molar-refractivity contribution in [3.63, 3.8) is 0 Å². The van der Waals surface area contributed by atoms with Crippen LogP contribution in [0.4, 0.5) is 10.2 Å². The molecule has 5 nitrogen and oxygen atoms in total. The predicted molar refractivity (Wildman–Crippen MR) is 99.5 cm³/mol. The maximum Gasteiger partial charge on any atom is 0.130 e. The summed E-state index contributed by atoms with van der Waals surface area (Å²) in [6, 6.07) is 11.6. The fraction of sp³-hybridized carbons (Fsp3) is 0.450. The van der Waals surface area contributed by atoms with E-state index >= 15 is 4.39 Å². The molecule has 0 radical (unpaired) electrons. The number of hydrogen-bond acceptors (Lipinski definition) is 5. The SMILES string of the molecule is Cc1cc(NCC2(F)CCN(Cc3ccc(C#N)cc3)CC2)nc(C)n1. The van der Waals surface area contributed by atoms with Crippen LogP contribution in [-0.4, -0.2) is 40.2 Å². The first-order valence-electron chi connectivity index (χ1n) is 8.92. The van der Waals surface area contributed by atoms with Crippen LogP contribution in [0.15, 0.2) is 30.3 Å². The minimum Gasteiger partial charge on any atom is -0.367 e. The van der Waals surface area contributed by atoms with Gasteiger partial charge in [0.1, 0.15) is 17.3 Å². The lowest BCUT2D eigenvalue weighted by Gasteiger charge is -2.36. The van der Waals surface area contributed by atoms with Crippen LogP contribution in [0.3, 0.4) is 0 Å². The molecule has 2 aromatic rings. The number of alkyl halides is 1. The second-order valence-corrected chi connectivity index (χ2v) is 7.03. The van der Waals surface area contributed by atoms with E-state index in [1.54, 1.807) is 0 Å². The van der Waals surface area contributed by atoms with Crippen molar-refractivity contribution in [2.75, 3.05) is 25.0 Å². The molecule has 0 unspecified atom stereocenters. The zero-order valence-corrected chi connectivity index (χ0v) is 15.3. The van der Waals surface area contributed by atoms with Gasteiger partial charge in [-0.3, -0.25) is 4.90 Å². The summed E-state index contributed by atoms with van der Waals surface area (Å²) in [4.78, 5) is 10.8. The summed E-state index contributed by atoms with van der Waals surface area (Å²) in [6.45, 7) is 6.25. The molecule has 1 aliphatic rings. The summed E-state index contributed by atoms with van der Waals surface area (Å²) >= 11 is 0. The molecule has 1 fully saturated rings. The Morgan fingerprint density at radius 3 is 2.50 bits per heavy atom. The first-order valence-corrected chi connectivity index (χ1v) is 8.92. The Bertz CT molecular complexity index is 769. The normalized spacial score (nSPS) is 16.8. The number of piperidine rings is 1. The van der Waals surface area contributed by atoms with E-state index in [0.29, 0.717) is 30.0 Å². The first-order chi connectivity index (χ1) is 12.5. The van der Waals surface area contributed by atoms with Gasteiger partial charge in [-0.15, -0.1) is 0 Å². The summed E-state index contributed by atoms with van der Waals surface area (Å²) in [5, 5.41) is 12.0. The van der Waals surface area contributed by atoms with E-state index in [1.807, 2.05) is 44.2 Å². The number of rotatable bonds is 5. The Morgan fingerprint density at radius 1 is 1.19 bits per heavy atom. The third kappa shape index (κ3) is 4.77. The van der Waals surface area contributed by atoms with Crippen molar-refractivity contribution in [2.24, 2.45) is 0 Å². The van der Waals surface area contributed by atoms with Crippen molar-refractivity contribution < 1.29 is 4.39 Å². The van der Waals surface area contributed by atoms with Gasteiger partial charge < -0.3 is 5.32 Å². The van der Waals surface area contributed by atoms with Gasteiger partial charge >= 0.3 is 0 Å². The fourth-order valence-electron chi connectivity index (χ4n) is 3.29. The summed E-state index contributed by atoms with van der Waals surface area (Å²) in [5.41, 5.74) is 1.48. The highest BCUT2D eigenvalue weighted by Gasteiger charge is 2.34. The lowest BCUT2D eigenvalue weighted by molar-refractivity contribution is 0.0654. The zero-order chi connectivity index (χ0) is 18.6. The molecule has 6 heteroatoms. The monoisotopic (exact) mass is 353 g/mol. The van der Waals surface area contributed by atoms with Crippen LogP contribution in [-0.2, 0) is 6.54 Å². The topological polar surface area (TPSA) is 64.8 Å². The molecule has 0 amide bonds. The number of aryl methyl sites for hydroxylation is 2. The zero-order valence-electron chi connectivity index (χ0n) is 15.3. The predicted octanol–water partition coefficient (Wildman–Crippen LogP) is 3.38. The fourth-order valence-corrected chi connectivity index (χ4v) is 3.29. The Morgan fingerprint density at radius 2 is 1.88 bits per heavy atom. The van der Waals surface area contributed by atoms with Crippen LogP contribution >= 0.6 is 0 Å². The second kappa shape index (κ2) is 7.79. The molecule has 0 saturated carbocycles. The van der Waals surface area contributed by atoms with Crippen LogP contribution in [0.25, 0.3) is 0 Å². The Kier molecular flexibility index (Phi) is 5.48. The third-order valence-corrected chi connectivity index (χ3v) is 4.79. The molecule has 2 heterocycles. The van der Waals surface area contributed by atoms with Crippen LogP contribution in [0, 0.1) is 25.2 Å². The smallest absolute Gasteiger partial charge is 0.130 e. The van der Waals surface area contributed by atoms with E-state index in [9.17, 15) is 0 Å². The molecule has 1 aromatic heterocycles. The third-order valence-electron chi connectivity index (χ3n) is 4.79. The molecule has 136 valence electrons. The van der Waals surface area contributed by atoms with Crippen molar-refractivity contribution in [1.82, 2.24) is 14.9 Å². The number of likely N-dealkylation sites (tertiary alicyclic amines) is 1. The molecular formula is C20H24FN5. The van der Waals surface area contributed by atoms with Gasteiger partial charge in [0.2, 0.25) is 0 Å². The van der Waals surface area contributed by atoms with Crippen molar-refractivity contribution in [2.45, 2.75) is 38.9 Å². The maximum absolute atomic E-state index is 15.1. The quantitative estimate of drug-likeness (QED) is 0.893. The number of nitriles is 1. The van der Waals surface area contributed by atoms with E-state index < -0.39 is 5.67 Å². The Labute approximate surface area is 153 Å². The largest absolute Gasteiger partial charge is 0.367 e. The molecule has 1 N–H and O–H groups in total. The van der Waals surface area contributed by atoms with Crippen molar-refractivity contribution in [1.29, 1.82) is 5.26 Å². The van der Waals surface area contributed by atoms with Gasteiger partial charge in [0, 0.05) is 31.4 Å². The number of hydrogen-bond donors (Lipinski definition) is 1. The van der Waals surface area contributed by atoms with Crippen LogP contribution in [0.5, 0.6) is 0 Å². The van der Waals surface area contributed by atoms with Gasteiger partial charge in [0.25, 0.3) is 0 Å². The molecule has 0 aliphatic carbocycles. The molecular weight excluding hydrogens is 329 g/mol. The standard InChI is InChI=1S/C20H24FN5/c1-15-11-19(25-16(2)24-15)23-14-20(21)7-9-26(10-8-20)13-18-5-3-17(12-22)4-6-18/h3-6,11H,7-10,13-14H2,1-2H3,(H,23,24,25). The van der Waals surface area contributed by atoms with Gasteiger partial charge in [-0.2, -0.15) is 5.26 Å². The van der Waals surface area contributed by atoms with E-state index in [0.717, 1.165) is 30.9 Å². The van der Waals surface area contributed by atoms with E-state index in [-0.39, 0.29) is 6.54 Å². The molecule has 0 bridgehead atoms. The average Bonchev–Trinajstić information content (AvgIpc) is 2.62. The van der Waals surface area contributed by atoms with E-state index in [2.05, 4.69) is 26.3 Å². The van der Waals surface area contributed by atoms with Crippen molar-refractivity contribution >= 4 is 5.82 Å². The highest BCUT2D eigenvalue weighted by atomic mass is 19.1. The van der Waals surface area contributed by atoms with Gasteiger partial charge in [-0.1, -0.05) is 12.1 Å². The number of anilines is 1. The van der Waals surface area contributed by atoms with Gasteiger partial charge in [-0.25, -0.2) is 14.4 Å².